The van der Waals surface area contributed by atoms with Crippen LogP contribution in [0.4, 0.5) is 0 Å². The summed E-state index contributed by atoms with van der Waals surface area (Å²) in [5.74, 6) is -1.22. The number of hydrogen-bond donors (Lipinski definition) is 3. The average Bonchev–Trinajstić information content (AvgIpc) is 2.89. The van der Waals surface area contributed by atoms with E-state index >= 15 is 0 Å². The number of rotatable bonds is 6. The molecule has 0 aliphatic carbocycles. The molecule has 1 amide bonds. The highest BCUT2D eigenvalue weighted by atomic mass is 16.5. The molecule has 1 aromatic heterocycles. The van der Waals surface area contributed by atoms with Crippen molar-refractivity contribution >= 4 is 11.9 Å². The zero-order valence-electron chi connectivity index (χ0n) is 10.9. The maximum Gasteiger partial charge on any atom is 0.358 e. The van der Waals surface area contributed by atoms with Crippen LogP contribution in [0.3, 0.4) is 0 Å². The van der Waals surface area contributed by atoms with Crippen molar-refractivity contribution in [2.45, 2.75) is 19.1 Å². The first-order valence-corrected chi connectivity index (χ1v) is 6.37. The molecule has 1 aliphatic rings. The fraction of sp³-hybridized carbons (Fsp3) is 0.636. The number of ether oxygens (including phenoxy) is 1. The topological polar surface area (TPSA) is 118 Å². The van der Waals surface area contributed by atoms with E-state index in [1.165, 1.54) is 10.9 Å². The second-order valence-electron chi connectivity index (χ2n) is 4.42. The lowest BCUT2D eigenvalue weighted by Gasteiger charge is -2.22. The quantitative estimate of drug-likeness (QED) is 0.579. The predicted molar refractivity (Wildman–Crippen MR) is 67.2 cm³/mol. The molecule has 3 N–H and O–H groups in total. The minimum absolute atomic E-state index is 0.0891. The van der Waals surface area contributed by atoms with Gasteiger partial charge in [-0.15, -0.1) is 5.10 Å². The van der Waals surface area contributed by atoms with Crippen molar-refractivity contribution in [1.29, 1.82) is 0 Å². The summed E-state index contributed by atoms with van der Waals surface area (Å²) in [7, 11) is 0. The number of hydrogen-bond acceptors (Lipinski definition) is 6. The van der Waals surface area contributed by atoms with Crippen molar-refractivity contribution in [2.24, 2.45) is 0 Å². The Morgan fingerprint density at radius 1 is 1.60 bits per heavy atom. The summed E-state index contributed by atoms with van der Waals surface area (Å²) in [6.45, 7) is 2.85. The molecule has 0 saturated carbocycles. The van der Waals surface area contributed by atoms with Crippen LogP contribution < -0.4 is 10.6 Å². The maximum absolute atomic E-state index is 11.7. The van der Waals surface area contributed by atoms with Crippen LogP contribution in [0.5, 0.6) is 0 Å². The Hall–Kier alpha value is -2.00. The monoisotopic (exact) mass is 283 g/mol. The molecular formula is C11H17N5O4. The second kappa shape index (κ2) is 6.96. The van der Waals surface area contributed by atoms with Crippen LogP contribution in [-0.4, -0.2) is 64.3 Å². The standard InChI is InChI=1S/C11H17N5O4/c17-10(5-8-6-12-2-4-20-8)13-1-3-16-7-9(11(18)19)14-15-16/h7-8,12H,1-6H2,(H,13,17)(H,18,19). The van der Waals surface area contributed by atoms with Crippen molar-refractivity contribution in [1.82, 2.24) is 25.6 Å². The van der Waals surface area contributed by atoms with Crippen LogP contribution in [0.15, 0.2) is 6.20 Å². The van der Waals surface area contributed by atoms with E-state index < -0.39 is 5.97 Å². The highest BCUT2D eigenvalue weighted by Crippen LogP contribution is 2.00. The Morgan fingerprint density at radius 3 is 3.10 bits per heavy atom. The highest BCUT2D eigenvalue weighted by Gasteiger charge is 2.17. The number of aromatic carboxylic acids is 1. The molecule has 9 nitrogen and oxygen atoms in total. The summed E-state index contributed by atoms with van der Waals surface area (Å²) in [5.41, 5.74) is -0.113. The molecule has 0 bridgehead atoms. The molecule has 0 radical (unpaired) electrons. The minimum atomic E-state index is -1.12. The van der Waals surface area contributed by atoms with Crippen molar-refractivity contribution in [3.05, 3.63) is 11.9 Å². The van der Waals surface area contributed by atoms with E-state index in [4.69, 9.17) is 9.84 Å². The minimum Gasteiger partial charge on any atom is -0.476 e. The van der Waals surface area contributed by atoms with Gasteiger partial charge in [0.2, 0.25) is 5.91 Å². The molecular weight excluding hydrogens is 266 g/mol. The van der Waals surface area contributed by atoms with Gasteiger partial charge in [0.05, 0.1) is 31.9 Å². The van der Waals surface area contributed by atoms with E-state index in [0.29, 0.717) is 32.7 Å². The van der Waals surface area contributed by atoms with E-state index in [2.05, 4.69) is 20.9 Å². The van der Waals surface area contributed by atoms with Gasteiger partial charge in [0, 0.05) is 19.6 Å². The van der Waals surface area contributed by atoms with Crippen molar-refractivity contribution < 1.29 is 19.4 Å². The third kappa shape index (κ3) is 4.28. The Morgan fingerprint density at radius 2 is 2.45 bits per heavy atom. The van der Waals surface area contributed by atoms with Crippen LogP contribution in [0.1, 0.15) is 16.9 Å². The van der Waals surface area contributed by atoms with Gasteiger partial charge in [-0.3, -0.25) is 4.79 Å². The van der Waals surface area contributed by atoms with Crippen LogP contribution in [-0.2, 0) is 16.1 Å². The lowest BCUT2D eigenvalue weighted by atomic mass is 10.2. The fourth-order valence-electron chi connectivity index (χ4n) is 1.85. The molecule has 20 heavy (non-hydrogen) atoms. The number of nitrogens with zero attached hydrogens (tertiary/aromatic N) is 3. The van der Waals surface area contributed by atoms with Gasteiger partial charge in [0.15, 0.2) is 5.69 Å². The van der Waals surface area contributed by atoms with Gasteiger partial charge in [-0.05, 0) is 0 Å². The van der Waals surface area contributed by atoms with E-state index in [0.717, 1.165) is 6.54 Å². The van der Waals surface area contributed by atoms with Crippen LogP contribution in [0.2, 0.25) is 0 Å². The summed E-state index contributed by atoms with van der Waals surface area (Å²) in [6.07, 6.45) is 1.54. The first-order chi connectivity index (χ1) is 9.65. The molecule has 2 rings (SSSR count). The smallest absolute Gasteiger partial charge is 0.358 e. The predicted octanol–water partition coefficient (Wildman–Crippen LogP) is -1.53. The van der Waals surface area contributed by atoms with Crippen molar-refractivity contribution in [2.75, 3.05) is 26.2 Å². The second-order valence-corrected chi connectivity index (χ2v) is 4.42. The number of morpholine rings is 1. The van der Waals surface area contributed by atoms with E-state index in [1.54, 1.807) is 0 Å². The lowest BCUT2D eigenvalue weighted by molar-refractivity contribution is -0.124. The van der Waals surface area contributed by atoms with E-state index in [1.807, 2.05) is 0 Å². The molecule has 1 unspecified atom stereocenters. The molecule has 1 aromatic rings. The van der Waals surface area contributed by atoms with Crippen molar-refractivity contribution in [3.63, 3.8) is 0 Å². The lowest BCUT2D eigenvalue weighted by Crippen LogP contribution is -2.41. The first kappa shape index (κ1) is 14.4. The normalized spacial score (nSPS) is 18.7. The van der Waals surface area contributed by atoms with Crippen molar-refractivity contribution in [3.8, 4) is 0 Å². The van der Waals surface area contributed by atoms with Gasteiger partial charge >= 0.3 is 5.97 Å². The molecule has 9 heteroatoms. The fourth-order valence-corrected chi connectivity index (χ4v) is 1.85. The molecule has 0 aromatic carbocycles. The van der Waals surface area contributed by atoms with Crippen LogP contribution in [0, 0.1) is 0 Å². The number of carbonyl (C=O) groups excluding carboxylic acids is 1. The Kier molecular flexibility index (Phi) is 5.02. The number of carboxylic acid groups (broad SMARTS) is 1. The summed E-state index contributed by atoms with van der Waals surface area (Å²) >= 11 is 0. The molecule has 1 aliphatic heterocycles. The molecule has 2 heterocycles. The van der Waals surface area contributed by atoms with Crippen LogP contribution >= 0.6 is 0 Å². The summed E-state index contributed by atoms with van der Waals surface area (Å²) < 4.78 is 6.80. The molecule has 1 fully saturated rings. The summed E-state index contributed by atoms with van der Waals surface area (Å²) in [4.78, 5) is 22.3. The number of carbonyl (C=O) groups is 2. The van der Waals surface area contributed by atoms with Crippen LogP contribution in [0.25, 0.3) is 0 Å². The molecule has 0 spiro atoms. The molecule has 1 saturated heterocycles. The van der Waals surface area contributed by atoms with Gasteiger partial charge in [-0.1, -0.05) is 5.21 Å². The third-order valence-electron chi connectivity index (χ3n) is 2.84. The molecule has 110 valence electrons. The number of carboxylic acids is 1. The Balaban J connectivity index is 1.66. The zero-order valence-corrected chi connectivity index (χ0v) is 10.9. The van der Waals surface area contributed by atoms with Gasteiger partial charge in [0.1, 0.15) is 0 Å². The average molecular weight is 283 g/mol. The largest absolute Gasteiger partial charge is 0.476 e. The SMILES string of the molecule is O=C(CC1CNCCO1)NCCn1cc(C(=O)O)nn1. The van der Waals surface area contributed by atoms with E-state index in [-0.39, 0.29) is 17.7 Å². The number of aromatic nitrogens is 3. The van der Waals surface area contributed by atoms with E-state index in [9.17, 15) is 9.59 Å². The Labute approximate surface area is 115 Å². The highest BCUT2D eigenvalue weighted by molar-refractivity contribution is 5.84. The van der Waals surface area contributed by atoms with Gasteiger partial charge in [0.25, 0.3) is 0 Å². The zero-order chi connectivity index (χ0) is 14.4. The number of nitrogens with one attached hydrogen (secondary N) is 2. The van der Waals surface area contributed by atoms with Gasteiger partial charge in [-0.2, -0.15) is 0 Å². The first-order valence-electron chi connectivity index (χ1n) is 6.37. The maximum atomic E-state index is 11.7. The van der Waals surface area contributed by atoms with Gasteiger partial charge < -0.3 is 20.5 Å². The number of amides is 1. The Bertz CT molecular complexity index is 469. The summed E-state index contributed by atoms with van der Waals surface area (Å²) in [5, 5.41) is 21.7. The van der Waals surface area contributed by atoms with Gasteiger partial charge in [-0.25, -0.2) is 9.48 Å². The third-order valence-corrected chi connectivity index (χ3v) is 2.84. The molecule has 1 atom stereocenters. The summed E-state index contributed by atoms with van der Waals surface area (Å²) in [6, 6.07) is 0.